The number of aryl methyl sites for hydroxylation is 1. The zero-order chi connectivity index (χ0) is 16.9. The number of benzene rings is 1. The van der Waals surface area contributed by atoms with Crippen molar-refractivity contribution >= 4 is 17.2 Å². The summed E-state index contributed by atoms with van der Waals surface area (Å²) in [6, 6.07) is 10.5. The third-order valence-corrected chi connectivity index (χ3v) is 5.44. The van der Waals surface area contributed by atoms with Gasteiger partial charge < -0.3 is 4.90 Å². The molecule has 1 fully saturated rings. The van der Waals surface area contributed by atoms with Crippen LogP contribution in [0.3, 0.4) is 0 Å². The molecule has 6 heteroatoms. The Morgan fingerprint density at radius 1 is 1.12 bits per heavy atom. The Labute approximate surface area is 146 Å². The van der Waals surface area contributed by atoms with E-state index in [0.717, 1.165) is 56.2 Å². The van der Waals surface area contributed by atoms with Gasteiger partial charge in [0.05, 0.1) is 0 Å². The van der Waals surface area contributed by atoms with Crippen molar-refractivity contribution in [2.75, 3.05) is 32.7 Å². The van der Waals surface area contributed by atoms with E-state index in [1.54, 1.807) is 9.95 Å². The normalized spacial score (nSPS) is 15.6. The monoisotopic (exact) mass is 345 g/mol. The summed E-state index contributed by atoms with van der Waals surface area (Å²) in [5, 5.41) is 1.80. The molecule has 1 saturated heterocycles. The number of thiazole rings is 1. The van der Waals surface area contributed by atoms with Gasteiger partial charge in [0.2, 0.25) is 5.91 Å². The minimum absolute atomic E-state index is 0.0429. The van der Waals surface area contributed by atoms with Gasteiger partial charge in [-0.3, -0.25) is 19.1 Å². The van der Waals surface area contributed by atoms with Crippen molar-refractivity contribution in [2.24, 2.45) is 0 Å². The molecule has 0 bridgehead atoms. The zero-order valence-corrected chi connectivity index (χ0v) is 14.8. The molecule has 0 unspecified atom stereocenters. The Morgan fingerprint density at radius 2 is 1.83 bits per heavy atom. The largest absolute Gasteiger partial charge is 0.339 e. The summed E-state index contributed by atoms with van der Waals surface area (Å²) in [5.74, 6) is 0.0429. The first-order chi connectivity index (χ1) is 11.6. The summed E-state index contributed by atoms with van der Waals surface area (Å²) in [4.78, 5) is 28.4. The highest BCUT2D eigenvalue weighted by atomic mass is 32.1. The average Bonchev–Trinajstić information content (AvgIpc) is 2.93. The second kappa shape index (κ2) is 7.77. The van der Waals surface area contributed by atoms with E-state index in [1.807, 2.05) is 17.9 Å². The Balaban J connectivity index is 1.46. The van der Waals surface area contributed by atoms with E-state index in [2.05, 4.69) is 29.2 Å². The Hall–Kier alpha value is -1.92. The number of nitrogens with zero attached hydrogens (tertiary/aromatic N) is 3. The van der Waals surface area contributed by atoms with Crippen LogP contribution in [0.1, 0.15) is 11.3 Å². The predicted octanol–water partition coefficient (Wildman–Crippen LogP) is 1.61. The van der Waals surface area contributed by atoms with Gasteiger partial charge in [-0.25, -0.2) is 0 Å². The first kappa shape index (κ1) is 16.9. The molecule has 0 spiro atoms. The lowest BCUT2D eigenvalue weighted by atomic mass is 10.1. The summed E-state index contributed by atoms with van der Waals surface area (Å²) < 4.78 is 1.56. The molecule has 24 heavy (non-hydrogen) atoms. The molecule has 1 aliphatic rings. The molecule has 2 heterocycles. The van der Waals surface area contributed by atoms with Gasteiger partial charge in [0.1, 0.15) is 6.54 Å². The molecule has 1 amide bonds. The molecule has 3 rings (SSSR count). The highest BCUT2D eigenvalue weighted by Crippen LogP contribution is 2.07. The summed E-state index contributed by atoms with van der Waals surface area (Å²) in [6.07, 6.45) is 1.04. The topological polar surface area (TPSA) is 45.6 Å². The molecule has 128 valence electrons. The lowest BCUT2D eigenvalue weighted by Gasteiger charge is -2.34. The van der Waals surface area contributed by atoms with Crippen LogP contribution < -0.4 is 4.87 Å². The van der Waals surface area contributed by atoms with E-state index in [1.165, 1.54) is 5.56 Å². The summed E-state index contributed by atoms with van der Waals surface area (Å²) in [7, 11) is 0. The van der Waals surface area contributed by atoms with Crippen LogP contribution in [0, 0.1) is 6.92 Å². The molecule has 0 radical (unpaired) electrons. The van der Waals surface area contributed by atoms with E-state index in [4.69, 9.17) is 0 Å². The molecular formula is C18H23N3O2S. The van der Waals surface area contributed by atoms with Gasteiger partial charge >= 0.3 is 4.87 Å². The maximum absolute atomic E-state index is 12.4. The molecule has 2 aromatic rings. The molecule has 1 aromatic heterocycles. The van der Waals surface area contributed by atoms with E-state index in [-0.39, 0.29) is 17.3 Å². The SMILES string of the molecule is Cc1csc(=O)n1CC(=O)N1CCN(CCc2ccccc2)CC1. The van der Waals surface area contributed by atoms with E-state index >= 15 is 0 Å². The number of carbonyl (C=O) groups is 1. The van der Waals surface area contributed by atoms with Gasteiger partial charge in [0, 0.05) is 43.8 Å². The first-order valence-electron chi connectivity index (χ1n) is 8.32. The fraction of sp³-hybridized carbons (Fsp3) is 0.444. The van der Waals surface area contributed by atoms with E-state index in [9.17, 15) is 9.59 Å². The van der Waals surface area contributed by atoms with E-state index < -0.39 is 0 Å². The number of carbonyl (C=O) groups excluding carboxylic acids is 1. The van der Waals surface area contributed by atoms with Crippen LogP contribution in [0.15, 0.2) is 40.5 Å². The van der Waals surface area contributed by atoms with Gasteiger partial charge in [-0.05, 0) is 18.9 Å². The smallest absolute Gasteiger partial charge is 0.307 e. The quantitative estimate of drug-likeness (QED) is 0.827. The lowest BCUT2D eigenvalue weighted by molar-refractivity contribution is -0.133. The van der Waals surface area contributed by atoms with Crippen LogP contribution in [0.25, 0.3) is 0 Å². The summed E-state index contributed by atoms with van der Waals surface area (Å²) in [6.45, 7) is 6.34. The third-order valence-electron chi connectivity index (χ3n) is 4.55. The fourth-order valence-electron chi connectivity index (χ4n) is 2.98. The molecule has 5 nitrogen and oxygen atoms in total. The minimum Gasteiger partial charge on any atom is -0.339 e. The molecular weight excluding hydrogens is 322 g/mol. The van der Waals surface area contributed by atoms with Gasteiger partial charge in [-0.1, -0.05) is 41.7 Å². The Morgan fingerprint density at radius 3 is 2.46 bits per heavy atom. The van der Waals surface area contributed by atoms with Gasteiger partial charge in [0.25, 0.3) is 0 Å². The van der Waals surface area contributed by atoms with Crippen molar-refractivity contribution in [3.8, 4) is 0 Å². The number of hydrogen-bond donors (Lipinski definition) is 0. The van der Waals surface area contributed by atoms with Gasteiger partial charge in [-0.2, -0.15) is 0 Å². The van der Waals surface area contributed by atoms with Crippen molar-refractivity contribution in [3.05, 3.63) is 56.6 Å². The van der Waals surface area contributed by atoms with E-state index in [0.29, 0.717) is 0 Å². The van der Waals surface area contributed by atoms with Gasteiger partial charge in [-0.15, -0.1) is 0 Å². The Kier molecular flexibility index (Phi) is 5.48. The van der Waals surface area contributed by atoms with Crippen molar-refractivity contribution in [2.45, 2.75) is 19.9 Å². The van der Waals surface area contributed by atoms with Crippen LogP contribution in [0.4, 0.5) is 0 Å². The van der Waals surface area contributed by atoms with Crippen molar-refractivity contribution < 1.29 is 4.79 Å². The van der Waals surface area contributed by atoms with Crippen LogP contribution in [-0.4, -0.2) is 53.0 Å². The third kappa shape index (κ3) is 4.13. The second-order valence-electron chi connectivity index (χ2n) is 6.19. The maximum Gasteiger partial charge on any atom is 0.307 e. The zero-order valence-electron chi connectivity index (χ0n) is 14.0. The number of amides is 1. The van der Waals surface area contributed by atoms with Crippen LogP contribution in [0.2, 0.25) is 0 Å². The molecule has 0 aliphatic carbocycles. The lowest BCUT2D eigenvalue weighted by Crippen LogP contribution is -2.50. The highest BCUT2D eigenvalue weighted by Gasteiger charge is 2.21. The van der Waals surface area contributed by atoms with Crippen molar-refractivity contribution in [1.29, 1.82) is 0 Å². The molecule has 1 aliphatic heterocycles. The minimum atomic E-state index is -0.0534. The first-order valence-corrected chi connectivity index (χ1v) is 9.20. The number of piperazine rings is 1. The fourth-order valence-corrected chi connectivity index (χ4v) is 3.72. The number of rotatable bonds is 5. The van der Waals surface area contributed by atoms with Crippen LogP contribution in [-0.2, 0) is 17.8 Å². The van der Waals surface area contributed by atoms with Crippen molar-refractivity contribution in [1.82, 2.24) is 14.4 Å². The summed E-state index contributed by atoms with van der Waals surface area (Å²) in [5.41, 5.74) is 2.21. The number of aromatic nitrogens is 1. The number of hydrogen-bond acceptors (Lipinski definition) is 4. The maximum atomic E-state index is 12.4. The Bertz CT molecular complexity index is 730. The molecule has 1 aromatic carbocycles. The van der Waals surface area contributed by atoms with Gasteiger partial charge in [0.15, 0.2) is 0 Å². The van der Waals surface area contributed by atoms with Crippen LogP contribution in [0.5, 0.6) is 0 Å². The summed E-state index contributed by atoms with van der Waals surface area (Å²) >= 11 is 1.15. The molecule has 0 N–H and O–H groups in total. The standard InChI is InChI=1S/C18H23N3O2S/c1-15-14-24-18(23)21(15)13-17(22)20-11-9-19(10-12-20)8-7-16-5-3-2-4-6-16/h2-6,14H,7-13H2,1H3. The highest BCUT2D eigenvalue weighted by molar-refractivity contribution is 7.07. The molecule has 0 saturated carbocycles. The average molecular weight is 345 g/mol. The van der Waals surface area contributed by atoms with Crippen LogP contribution >= 0.6 is 11.3 Å². The van der Waals surface area contributed by atoms with Crippen molar-refractivity contribution in [3.63, 3.8) is 0 Å². The predicted molar refractivity (Wildman–Crippen MR) is 96.5 cm³/mol. The second-order valence-corrected chi connectivity index (χ2v) is 7.01. The molecule has 0 atom stereocenters.